The van der Waals surface area contributed by atoms with Gasteiger partial charge in [0, 0.05) is 12.1 Å². The molecule has 1 rings (SSSR count). The number of nitrogens with two attached hydrogens (primary N) is 1. The molecule has 78 valence electrons. The zero-order valence-electron chi connectivity index (χ0n) is 9.00. The first-order valence-corrected chi connectivity index (χ1v) is 4.77. The molecule has 0 bridgehead atoms. The van der Waals surface area contributed by atoms with Crippen molar-refractivity contribution in [3.63, 3.8) is 0 Å². The second-order valence-electron chi connectivity index (χ2n) is 2.59. The molecule has 3 heteroatoms. The number of carbonyl (C=O) groups is 1. The molecule has 0 heterocycles. The number of benzene rings is 1. The van der Waals surface area contributed by atoms with Crippen molar-refractivity contribution in [3.05, 3.63) is 35.4 Å². The van der Waals surface area contributed by atoms with Crippen LogP contribution in [-0.2, 0) is 6.54 Å². The van der Waals surface area contributed by atoms with Crippen molar-refractivity contribution < 1.29 is 4.79 Å². The predicted octanol–water partition coefficient (Wildman–Crippen LogP) is 1.53. The number of primary amides is 1. The third kappa shape index (κ3) is 4.05. The van der Waals surface area contributed by atoms with E-state index < -0.39 is 0 Å². The quantitative estimate of drug-likeness (QED) is 0.766. The predicted molar refractivity (Wildman–Crippen MR) is 59.1 cm³/mol. The highest BCUT2D eigenvalue weighted by Gasteiger charge is 1.98. The Hall–Kier alpha value is -1.35. The first-order chi connectivity index (χ1) is 6.74. The lowest BCUT2D eigenvalue weighted by atomic mass is 10.1. The second kappa shape index (κ2) is 7.09. The van der Waals surface area contributed by atoms with Gasteiger partial charge in [0.2, 0.25) is 5.91 Å². The average Bonchev–Trinajstić information content (AvgIpc) is 2.22. The maximum atomic E-state index is 10.7. The highest BCUT2D eigenvalue weighted by atomic mass is 16.1. The van der Waals surface area contributed by atoms with Crippen molar-refractivity contribution in [2.24, 2.45) is 5.73 Å². The summed E-state index contributed by atoms with van der Waals surface area (Å²) in [4.78, 5) is 10.7. The Morgan fingerprint density at radius 1 is 1.29 bits per heavy atom. The summed E-state index contributed by atoms with van der Waals surface area (Å²) in [6.07, 6.45) is 0. The highest BCUT2D eigenvalue weighted by Crippen LogP contribution is 2.02. The summed E-state index contributed by atoms with van der Waals surface area (Å²) in [6, 6.07) is 7.23. The van der Waals surface area contributed by atoms with E-state index in [-0.39, 0.29) is 5.91 Å². The van der Waals surface area contributed by atoms with Gasteiger partial charge in [0.05, 0.1) is 0 Å². The van der Waals surface area contributed by atoms with Gasteiger partial charge in [-0.25, -0.2) is 0 Å². The van der Waals surface area contributed by atoms with Gasteiger partial charge < -0.3 is 11.1 Å². The van der Waals surface area contributed by atoms with Gasteiger partial charge in [-0.3, -0.25) is 4.79 Å². The molecule has 0 aliphatic heterocycles. The monoisotopic (exact) mass is 194 g/mol. The molecule has 1 aromatic carbocycles. The van der Waals surface area contributed by atoms with Crippen molar-refractivity contribution in [1.82, 2.24) is 5.32 Å². The molecule has 1 amide bonds. The molecule has 0 spiro atoms. The standard InChI is InChI=1S/C9H12N2O.C2H6/c1-11-6-7-2-4-8(5-3-7)9(10)12;1-2/h2-5,11H,6H2,1H3,(H2,10,12);1-2H3. The van der Waals surface area contributed by atoms with Crippen molar-refractivity contribution in [1.29, 1.82) is 0 Å². The Kier molecular flexibility index (Phi) is 6.41. The minimum Gasteiger partial charge on any atom is -0.366 e. The number of hydrogen-bond donors (Lipinski definition) is 2. The molecule has 0 aromatic heterocycles. The van der Waals surface area contributed by atoms with Gasteiger partial charge >= 0.3 is 0 Å². The molecule has 0 fully saturated rings. The number of rotatable bonds is 3. The fourth-order valence-corrected chi connectivity index (χ4v) is 0.991. The van der Waals surface area contributed by atoms with Crippen LogP contribution in [-0.4, -0.2) is 13.0 Å². The number of carbonyl (C=O) groups excluding carboxylic acids is 1. The topological polar surface area (TPSA) is 55.1 Å². The lowest BCUT2D eigenvalue weighted by Gasteiger charge is -1.99. The maximum absolute atomic E-state index is 10.7. The lowest BCUT2D eigenvalue weighted by Crippen LogP contribution is -2.11. The van der Waals surface area contributed by atoms with E-state index in [1.54, 1.807) is 12.1 Å². The van der Waals surface area contributed by atoms with E-state index in [0.29, 0.717) is 5.56 Å². The molecule has 0 atom stereocenters. The molecule has 0 aliphatic rings. The summed E-state index contributed by atoms with van der Waals surface area (Å²) in [5.74, 6) is -0.383. The van der Waals surface area contributed by atoms with Crippen LogP contribution in [0.1, 0.15) is 29.8 Å². The van der Waals surface area contributed by atoms with Crippen LogP contribution in [0.2, 0.25) is 0 Å². The second-order valence-corrected chi connectivity index (χ2v) is 2.59. The van der Waals surface area contributed by atoms with Gasteiger partial charge in [-0.1, -0.05) is 26.0 Å². The molecular weight excluding hydrogens is 176 g/mol. The van der Waals surface area contributed by atoms with Gasteiger partial charge in [0.1, 0.15) is 0 Å². The first-order valence-electron chi connectivity index (χ1n) is 4.77. The molecule has 3 N–H and O–H groups in total. The van der Waals surface area contributed by atoms with Crippen molar-refractivity contribution in [2.75, 3.05) is 7.05 Å². The molecule has 0 saturated carbocycles. The first kappa shape index (κ1) is 12.7. The van der Waals surface area contributed by atoms with Crippen LogP contribution in [0.4, 0.5) is 0 Å². The van der Waals surface area contributed by atoms with Crippen LogP contribution in [0, 0.1) is 0 Å². The fourth-order valence-electron chi connectivity index (χ4n) is 0.991. The maximum Gasteiger partial charge on any atom is 0.248 e. The van der Waals surface area contributed by atoms with Crippen LogP contribution in [0.15, 0.2) is 24.3 Å². The Morgan fingerprint density at radius 3 is 2.14 bits per heavy atom. The third-order valence-electron chi connectivity index (χ3n) is 1.62. The number of amides is 1. The third-order valence-corrected chi connectivity index (χ3v) is 1.62. The minimum absolute atomic E-state index is 0.383. The normalized spacial score (nSPS) is 8.79. The molecule has 0 unspecified atom stereocenters. The zero-order valence-corrected chi connectivity index (χ0v) is 9.00. The minimum atomic E-state index is -0.383. The molecule has 3 nitrogen and oxygen atoms in total. The molecule has 14 heavy (non-hydrogen) atoms. The van der Waals surface area contributed by atoms with E-state index in [4.69, 9.17) is 5.73 Å². The molecule has 1 aromatic rings. The molecule has 0 radical (unpaired) electrons. The smallest absolute Gasteiger partial charge is 0.248 e. The Balaban J connectivity index is 0.000000791. The highest BCUT2D eigenvalue weighted by molar-refractivity contribution is 5.92. The van der Waals surface area contributed by atoms with E-state index in [2.05, 4.69) is 5.32 Å². The van der Waals surface area contributed by atoms with Gasteiger partial charge in [-0.05, 0) is 24.7 Å². The van der Waals surface area contributed by atoms with Gasteiger partial charge in [0.15, 0.2) is 0 Å². The molecule has 0 saturated heterocycles. The van der Waals surface area contributed by atoms with E-state index in [1.165, 1.54) is 0 Å². The fraction of sp³-hybridized carbons (Fsp3) is 0.364. The summed E-state index contributed by atoms with van der Waals surface area (Å²) in [5.41, 5.74) is 6.78. The largest absolute Gasteiger partial charge is 0.366 e. The lowest BCUT2D eigenvalue weighted by molar-refractivity contribution is 0.100. The Bertz CT molecular complexity index is 267. The zero-order chi connectivity index (χ0) is 11.0. The van der Waals surface area contributed by atoms with E-state index in [0.717, 1.165) is 12.1 Å². The van der Waals surface area contributed by atoms with Crippen LogP contribution in [0.25, 0.3) is 0 Å². The van der Waals surface area contributed by atoms with E-state index >= 15 is 0 Å². The van der Waals surface area contributed by atoms with Crippen LogP contribution >= 0.6 is 0 Å². The summed E-state index contributed by atoms with van der Waals surface area (Å²) < 4.78 is 0. The number of hydrogen-bond acceptors (Lipinski definition) is 2. The summed E-state index contributed by atoms with van der Waals surface area (Å²) >= 11 is 0. The van der Waals surface area contributed by atoms with E-state index in [9.17, 15) is 4.79 Å². The summed E-state index contributed by atoms with van der Waals surface area (Å²) in [6.45, 7) is 4.80. The van der Waals surface area contributed by atoms with Gasteiger partial charge in [-0.15, -0.1) is 0 Å². The van der Waals surface area contributed by atoms with Crippen LogP contribution in [0.3, 0.4) is 0 Å². The van der Waals surface area contributed by atoms with Crippen LogP contribution in [0.5, 0.6) is 0 Å². The Labute approximate surface area is 85.3 Å². The summed E-state index contributed by atoms with van der Waals surface area (Å²) in [7, 11) is 1.88. The van der Waals surface area contributed by atoms with Crippen molar-refractivity contribution in [3.8, 4) is 0 Å². The Morgan fingerprint density at radius 2 is 1.79 bits per heavy atom. The molecular formula is C11H18N2O. The number of nitrogens with one attached hydrogen (secondary N) is 1. The van der Waals surface area contributed by atoms with Crippen LogP contribution < -0.4 is 11.1 Å². The van der Waals surface area contributed by atoms with E-state index in [1.807, 2.05) is 33.0 Å². The van der Waals surface area contributed by atoms with Crippen molar-refractivity contribution in [2.45, 2.75) is 20.4 Å². The summed E-state index contributed by atoms with van der Waals surface area (Å²) in [5, 5.41) is 3.02. The molecule has 0 aliphatic carbocycles. The SMILES string of the molecule is CC.CNCc1ccc(C(N)=O)cc1. The van der Waals surface area contributed by atoms with Gasteiger partial charge in [0.25, 0.3) is 0 Å². The van der Waals surface area contributed by atoms with Crippen molar-refractivity contribution >= 4 is 5.91 Å². The average molecular weight is 194 g/mol. The van der Waals surface area contributed by atoms with Gasteiger partial charge in [-0.2, -0.15) is 0 Å².